The third-order valence-corrected chi connectivity index (χ3v) is 7.70. The predicted octanol–water partition coefficient (Wildman–Crippen LogP) is 2.07. The Hall–Kier alpha value is -3.18. The molecule has 0 aromatic heterocycles. The van der Waals surface area contributed by atoms with Gasteiger partial charge in [-0.25, -0.2) is 9.59 Å². The van der Waals surface area contributed by atoms with E-state index in [0.29, 0.717) is 38.5 Å². The fourth-order valence-electron chi connectivity index (χ4n) is 5.33. The van der Waals surface area contributed by atoms with Crippen molar-refractivity contribution in [3.05, 3.63) is 35.9 Å². The third-order valence-electron chi connectivity index (χ3n) is 7.70. The van der Waals surface area contributed by atoms with Crippen LogP contribution in [0.15, 0.2) is 30.3 Å². The molecule has 0 aliphatic carbocycles. The van der Waals surface area contributed by atoms with E-state index in [1.165, 1.54) is 4.90 Å². The molecule has 0 saturated carbocycles. The number of nitrogens with zero attached hydrogens (tertiary/aromatic N) is 2. The van der Waals surface area contributed by atoms with E-state index in [1.807, 2.05) is 51.2 Å². The molecule has 2 fully saturated rings. The summed E-state index contributed by atoms with van der Waals surface area (Å²) in [5.74, 6) is -2.90. The number of carbonyl (C=O) groups excluding carboxylic acids is 5. The molecule has 42 heavy (non-hydrogen) atoms. The van der Waals surface area contributed by atoms with Crippen LogP contribution in [-0.4, -0.2) is 96.4 Å². The van der Waals surface area contributed by atoms with Gasteiger partial charge in [0.25, 0.3) is 5.78 Å². The Morgan fingerprint density at radius 1 is 0.929 bits per heavy atom. The van der Waals surface area contributed by atoms with Crippen molar-refractivity contribution in [1.82, 2.24) is 25.8 Å². The van der Waals surface area contributed by atoms with Gasteiger partial charge < -0.3 is 30.5 Å². The number of halogens is 1. The van der Waals surface area contributed by atoms with Gasteiger partial charge in [-0.3, -0.25) is 14.4 Å². The summed E-state index contributed by atoms with van der Waals surface area (Å²) >= 11 is 0. The van der Waals surface area contributed by atoms with E-state index in [0.717, 1.165) is 18.4 Å². The van der Waals surface area contributed by atoms with Crippen LogP contribution in [0.2, 0.25) is 0 Å². The standard InChI is InChI=1S/C30H45N5O6.ClH/c1-19(2)25(33-30(40)34-16-13-22(31-5)14-17-34)28(38)35-15-9-12-24(35)27(37)32-23(18-21-10-7-6-8-11-21)26(36)29(39)41-20(3)4;/h6-8,10-11,19-20,22-25,31H,9,12-18H2,1-5H3,(H,32,37)(H,33,40);1H/t23-,24-,25-;/m0./s1. The number of Topliss-reactive ketones (excluding diaryl/α,β-unsaturated/α-hetero) is 1. The van der Waals surface area contributed by atoms with Gasteiger partial charge in [0, 0.05) is 32.1 Å². The van der Waals surface area contributed by atoms with Gasteiger partial charge in [-0.1, -0.05) is 44.2 Å². The molecule has 2 saturated heterocycles. The van der Waals surface area contributed by atoms with Crippen molar-refractivity contribution in [2.45, 2.75) is 90.1 Å². The smallest absolute Gasteiger partial charge is 0.377 e. The molecule has 11 nitrogen and oxygen atoms in total. The Balaban J connectivity index is 0.00000616. The molecule has 0 radical (unpaired) electrons. The van der Waals surface area contributed by atoms with Gasteiger partial charge >= 0.3 is 12.0 Å². The zero-order chi connectivity index (χ0) is 30.1. The van der Waals surface area contributed by atoms with E-state index in [1.54, 1.807) is 18.7 Å². The molecule has 2 heterocycles. The molecule has 0 unspecified atom stereocenters. The minimum absolute atomic E-state index is 0. The summed E-state index contributed by atoms with van der Waals surface area (Å²) < 4.78 is 5.10. The minimum atomic E-state index is -1.14. The lowest BCUT2D eigenvalue weighted by Crippen LogP contribution is -2.59. The molecule has 3 atom stereocenters. The van der Waals surface area contributed by atoms with E-state index >= 15 is 0 Å². The van der Waals surface area contributed by atoms with Crippen molar-refractivity contribution >= 4 is 42.0 Å². The van der Waals surface area contributed by atoms with E-state index in [9.17, 15) is 24.0 Å². The maximum absolute atomic E-state index is 13.7. The van der Waals surface area contributed by atoms with Crippen LogP contribution in [-0.2, 0) is 30.3 Å². The number of piperidine rings is 1. The highest BCUT2D eigenvalue weighted by Gasteiger charge is 2.41. The molecule has 234 valence electrons. The first kappa shape index (κ1) is 35.0. The van der Waals surface area contributed by atoms with Crippen LogP contribution < -0.4 is 16.0 Å². The van der Waals surface area contributed by atoms with Gasteiger partial charge in [-0.15, -0.1) is 12.4 Å². The van der Waals surface area contributed by atoms with Gasteiger partial charge in [0.1, 0.15) is 18.1 Å². The predicted molar refractivity (Wildman–Crippen MR) is 161 cm³/mol. The monoisotopic (exact) mass is 607 g/mol. The minimum Gasteiger partial charge on any atom is -0.457 e. The molecule has 2 aliphatic rings. The lowest BCUT2D eigenvalue weighted by molar-refractivity contribution is -0.158. The summed E-state index contributed by atoms with van der Waals surface area (Å²) in [6.45, 7) is 8.56. The van der Waals surface area contributed by atoms with Crippen molar-refractivity contribution in [2.24, 2.45) is 5.92 Å². The van der Waals surface area contributed by atoms with Crippen molar-refractivity contribution < 1.29 is 28.7 Å². The first-order chi connectivity index (χ1) is 19.5. The highest BCUT2D eigenvalue weighted by atomic mass is 35.5. The number of rotatable bonds is 11. The van der Waals surface area contributed by atoms with E-state index in [-0.39, 0.29) is 36.7 Å². The number of esters is 1. The van der Waals surface area contributed by atoms with Gasteiger partial charge in [0.05, 0.1) is 6.10 Å². The summed E-state index contributed by atoms with van der Waals surface area (Å²) in [4.78, 5) is 69.0. The average molecular weight is 608 g/mol. The fourth-order valence-corrected chi connectivity index (χ4v) is 5.33. The average Bonchev–Trinajstić information content (AvgIpc) is 3.45. The highest BCUT2D eigenvalue weighted by molar-refractivity contribution is 6.36. The highest BCUT2D eigenvalue weighted by Crippen LogP contribution is 2.21. The lowest BCUT2D eigenvalue weighted by atomic mass is 10.0. The zero-order valence-corrected chi connectivity index (χ0v) is 26.1. The quantitative estimate of drug-likeness (QED) is 0.259. The number of ether oxygens (including phenoxy) is 1. The summed E-state index contributed by atoms with van der Waals surface area (Å²) in [5, 5.41) is 8.88. The second-order valence-corrected chi connectivity index (χ2v) is 11.5. The Morgan fingerprint density at radius 3 is 2.14 bits per heavy atom. The van der Waals surface area contributed by atoms with Crippen molar-refractivity contribution in [1.29, 1.82) is 0 Å². The summed E-state index contributed by atoms with van der Waals surface area (Å²) in [6, 6.07) is 6.39. The second kappa shape index (κ2) is 16.5. The molecular weight excluding hydrogens is 562 g/mol. The third kappa shape index (κ3) is 9.42. The molecule has 0 spiro atoms. The molecule has 1 aromatic carbocycles. The Morgan fingerprint density at radius 2 is 1.57 bits per heavy atom. The van der Waals surface area contributed by atoms with Crippen molar-refractivity contribution in [3.8, 4) is 0 Å². The number of urea groups is 1. The van der Waals surface area contributed by atoms with Gasteiger partial charge in [-0.2, -0.15) is 0 Å². The van der Waals surface area contributed by atoms with Crippen LogP contribution in [0, 0.1) is 5.92 Å². The van der Waals surface area contributed by atoms with Crippen LogP contribution in [0.25, 0.3) is 0 Å². The maximum atomic E-state index is 13.7. The van der Waals surface area contributed by atoms with Crippen molar-refractivity contribution in [3.63, 3.8) is 0 Å². The maximum Gasteiger partial charge on any atom is 0.377 e. The molecule has 1 aromatic rings. The number of carbonyl (C=O) groups is 5. The Labute approximate surface area is 254 Å². The van der Waals surface area contributed by atoms with Gasteiger partial charge in [0.15, 0.2) is 0 Å². The first-order valence-corrected chi connectivity index (χ1v) is 14.6. The van der Waals surface area contributed by atoms with Gasteiger partial charge in [0.2, 0.25) is 11.8 Å². The Kier molecular flexibility index (Phi) is 13.7. The SMILES string of the molecule is CNC1CCN(C(=O)N[C@H](C(=O)N2CCC[C@H]2C(=O)N[C@@H](Cc2ccccc2)C(=O)C(=O)OC(C)C)C(C)C)CC1.Cl. The number of nitrogens with one attached hydrogen (secondary N) is 3. The topological polar surface area (TPSA) is 137 Å². The first-order valence-electron chi connectivity index (χ1n) is 14.6. The normalized spacial score (nSPS) is 18.7. The fraction of sp³-hybridized carbons (Fsp3) is 0.633. The van der Waals surface area contributed by atoms with Crippen LogP contribution in [0.5, 0.6) is 0 Å². The van der Waals surface area contributed by atoms with Crippen LogP contribution in [0.3, 0.4) is 0 Å². The number of benzene rings is 1. The number of hydrogen-bond acceptors (Lipinski definition) is 7. The van der Waals surface area contributed by atoms with Gasteiger partial charge in [-0.05, 0) is 58.1 Å². The van der Waals surface area contributed by atoms with Crippen LogP contribution >= 0.6 is 12.4 Å². The number of ketones is 1. The summed E-state index contributed by atoms with van der Waals surface area (Å²) in [7, 11) is 1.91. The molecule has 12 heteroatoms. The Bertz CT molecular complexity index is 1080. The largest absolute Gasteiger partial charge is 0.457 e. The van der Waals surface area contributed by atoms with Crippen molar-refractivity contribution in [2.75, 3.05) is 26.7 Å². The molecule has 0 bridgehead atoms. The second-order valence-electron chi connectivity index (χ2n) is 11.5. The number of hydrogen-bond donors (Lipinski definition) is 3. The molecule has 4 amide bonds. The zero-order valence-electron chi connectivity index (χ0n) is 25.3. The summed E-state index contributed by atoms with van der Waals surface area (Å²) in [5.41, 5.74) is 0.768. The van der Waals surface area contributed by atoms with E-state index in [4.69, 9.17) is 4.74 Å². The molecule has 3 N–H and O–H groups in total. The number of amides is 4. The lowest BCUT2D eigenvalue weighted by Gasteiger charge is -2.35. The van der Waals surface area contributed by atoms with E-state index < -0.39 is 41.9 Å². The van der Waals surface area contributed by atoms with Crippen LogP contribution in [0.4, 0.5) is 4.79 Å². The molecule has 3 rings (SSSR count). The molecular formula is C30H46ClN5O6. The molecule has 2 aliphatic heterocycles. The number of likely N-dealkylation sites (tertiary alicyclic amines) is 2. The van der Waals surface area contributed by atoms with E-state index in [2.05, 4.69) is 16.0 Å². The van der Waals surface area contributed by atoms with Crippen LogP contribution in [0.1, 0.15) is 58.9 Å². The summed E-state index contributed by atoms with van der Waals surface area (Å²) in [6.07, 6.45) is 2.32.